The molecule has 4 nitrogen and oxygen atoms in total. The molecule has 0 radical (unpaired) electrons. The van der Waals surface area contributed by atoms with Crippen molar-refractivity contribution in [3.05, 3.63) is 291 Å². The van der Waals surface area contributed by atoms with Gasteiger partial charge in [0.25, 0.3) is 6.71 Å². The summed E-state index contributed by atoms with van der Waals surface area (Å²) in [7, 11) is 0. The molecule has 91 heavy (non-hydrogen) atoms. The second-order valence-electron chi connectivity index (χ2n) is 24.6. The summed E-state index contributed by atoms with van der Waals surface area (Å²) in [6, 6.07) is 109. The van der Waals surface area contributed by atoms with Gasteiger partial charge >= 0.3 is 0 Å². The summed E-state index contributed by atoms with van der Waals surface area (Å²) in [5.41, 5.74) is 25.1. The molecule has 0 bridgehead atoms. The lowest BCUT2D eigenvalue weighted by atomic mass is 9.33. The Morgan fingerprint density at radius 2 is 0.857 bits per heavy atom. The fraction of sp³-hybridized carbons (Fsp3) is 0. The summed E-state index contributed by atoms with van der Waals surface area (Å²) < 4.78 is 17.5. The molecule has 7 heterocycles. The summed E-state index contributed by atoms with van der Waals surface area (Å²) in [5, 5.41) is 12.3. The van der Waals surface area contributed by atoms with Gasteiger partial charge in [-0.05, 0) is 153 Å². The molecule has 2 aliphatic heterocycles. The Hall–Kier alpha value is -11.2. The minimum absolute atomic E-state index is 0.175. The van der Waals surface area contributed by atoms with Gasteiger partial charge in [-0.1, -0.05) is 188 Å². The van der Waals surface area contributed by atoms with E-state index in [2.05, 4.69) is 305 Å². The molecule has 0 saturated heterocycles. The van der Waals surface area contributed by atoms with E-state index in [0.717, 1.165) is 83.6 Å². The number of hydrogen-bond acceptors (Lipinski definition) is 4. The van der Waals surface area contributed by atoms with Crippen molar-refractivity contribution in [2.24, 2.45) is 0 Å². The highest BCUT2D eigenvalue weighted by Crippen LogP contribution is 2.53. The number of fused-ring (bicyclic) bond motifs is 19. The molecule has 14 aromatic carbocycles. The number of nitrogens with zero attached hydrogens (tertiary/aromatic N) is 3. The third-order valence-electron chi connectivity index (χ3n) is 19.8. The maximum absolute atomic E-state index is 7.25. The van der Waals surface area contributed by atoms with Gasteiger partial charge in [-0.15, -0.1) is 22.7 Å². The molecule has 5 aromatic heterocycles. The van der Waals surface area contributed by atoms with Gasteiger partial charge in [0.15, 0.2) is 0 Å². The molecule has 0 fully saturated rings. The smallest absolute Gasteiger partial charge is 0.252 e. The fourth-order valence-corrected chi connectivity index (χ4v) is 18.1. The summed E-state index contributed by atoms with van der Waals surface area (Å²) in [6.45, 7) is -0.175. The van der Waals surface area contributed by atoms with Crippen molar-refractivity contribution in [3.63, 3.8) is 0 Å². The molecule has 2 aliphatic rings. The molecular formula is C84H48BN3OS2. The van der Waals surface area contributed by atoms with Gasteiger partial charge in [-0.25, -0.2) is 0 Å². The zero-order chi connectivity index (χ0) is 59.2. The fourth-order valence-electron chi connectivity index (χ4n) is 15.9. The van der Waals surface area contributed by atoms with Crippen LogP contribution in [0.5, 0.6) is 0 Å². The number of para-hydroxylation sites is 3. The summed E-state index contributed by atoms with van der Waals surface area (Å²) in [6.07, 6.45) is 0. The average Bonchev–Trinajstić information content (AvgIpc) is 1.67. The first-order valence-electron chi connectivity index (χ1n) is 31.2. The third-order valence-corrected chi connectivity index (χ3v) is 22.1. The van der Waals surface area contributed by atoms with E-state index < -0.39 is 0 Å². The van der Waals surface area contributed by atoms with E-state index in [1.54, 1.807) is 0 Å². The van der Waals surface area contributed by atoms with E-state index in [4.69, 9.17) is 4.42 Å². The minimum Gasteiger partial charge on any atom is -0.456 e. The van der Waals surface area contributed by atoms with Crippen LogP contribution in [0.2, 0.25) is 0 Å². The normalized spacial score (nSPS) is 12.8. The maximum Gasteiger partial charge on any atom is 0.252 e. The zero-order valence-electron chi connectivity index (χ0n) is 48.9. The van der Waals surface area contributed by atoms with Crippen molar-refractivity contribution < 1.29 is 4.42 Å². The van der Waals surface area contributed by atoms with Crippen molar-refractivity contribution in [2.75, 3.05) is 4.90 Å². The summed E-state index contributed by atoms with van der Waals surface area (Å²) in [5.74, 6) is 0. The van der Waals surface area contributed by atoms with Crippen LogP contribution in [0.1, 0.15) is 0 Å². The number of aromatic nitrogens is 2. The van der Waals surface area contributed by atoms with Crippen LogP contribution in [-0.2, 0) is 0 Å². The van der Waals surface area contributed by atoms with Gasteiger partial charge in [0.1, 0.15) is 11.2 Å². The van der Waals surface area contributed by atoms with Crippen LogP contribution < -0.4 is 21.3 Å². The Balaban J connectivity index is 0.930. The third kappa shape index (κ3) is 7.04. The van der Waals surface area contributed by atoms with Crippen molar-refractivity contribution in [1.82, 2.24) is 9.13 Å². The van der Waals surface area contributed by atoms with Crippen LogP contribution in [0.25, 0.3) is 162 Å². The van der Waals surface area contributed by atoms with Gasteiger partial charge in [0.2, 0.25) is 0 Å². The first-order valence-corrected chi connectivity index (χ1v) is 32.9. The van der Waals surface area contributed by atoms with Crippen LogP contribution >= 0.6 is 22.7 Å². The molecule has 19 aromatic rings. The molecule has 0 atom stereocenters. The first-order chi connectivity index (χ1) is 45.1. The van der Waals surface area contributed by atoms with Crippen LogP contribution in [-0.4, -0.2) is 15.8 Å². The lowest BCUT2D eigenvalue weighted by Crippen LogP contribution is -2.60. The van der Waals surface area contributed by atoms with E-state index in [1.165, 1.54) is 112 Å². The number of anilines is 3. The molecular weight excluding hydrogens is 1140 g/mol. The van der Waals surface area contributed by atoms with Crippen LogP contribution in [0.4, 0.5) is 17.1 Å². The monoisotopic (exact) mass is 1190 g/mol. The highest BCUT2D eigenvalue weighted by atomic mass is 32.1. The topological polar surface area (TPSA) is 26.2 Å². The molecule has 0 N–H and O–H groups in total. The minimum atomic E-state index is -0.175. The van der Waals surface area contributed by atoms with Crippen LogP contribution in [0.15, 0.2) is 296 Å². The number of hydrogen-bond donors (Lipinski definition) is 0. The van der Waals surface area contributed by atoms with Crippen LogP contribution in [0.3, 0.4) is 0 Å². The van der Waals surface area contributed by atoms with Crippen molar-refractivity contribution >= 4 is 169 Å². The highest BCUT2D eigenvalue weighted by molar-refractivity contribution is 7.26. The summed E-state index contributed by atoms with van der Waals surface area (Å²) in [4.78, 5) is 2.68. The van der Waals surface area contributed by atoms with Gasteiger partial charge in [-0.2, -0.15) is 0 Å². The molecule has 0 saturated carbocycles. The largest absolute Gasteiger partial charge is 0.456 e. The highest BCUT2D eigenvalue weighted by Gasteiger charge is 2.44. The average molecular weight is 1190 g/mol. The molecule has 0 amide bonds. The van der Waals surface area contributed by atoms with Gasteiger partial charge in [0, 0.05) is 112 Å². The van der Waals surface area contributed by atoms with Crippen molar-refractivity contribution in [2.45, 2.75) is 0 Å². The number of thiophene rings is 2. The predicted molar refractivity (Wildman–Crippen MR) is 389 cm³/mol. The quantitative estimate of drug-likeness (QED) is 0.155. The molecule has 420 valence electrons. The number of rotatable bonds is 6. The van der Waals surface area contributed by atoms with Gasteiger partial charge in [0.05, 0.1) is 22.2 Å². The molecule has 7 heteroatoms. The van der Waals surface area contributed by atoms with Crippen molar-refractivity contribution in [3.8, 4) is 55.9 Å². The number of furan rings is 1. The Morgan fingerprint density at radius 1 is 0.286 bits per heavy atom. The van der Waals surface area contributed by atoms with Crippen molar-refractivity contribution in [1.29, 1.82) is 0 Å². The van der Waals surface area contributed by atoms with Crippen LogP contribution in [0, 0.1) is 0 Å². The van der Waals surface area contributed by atoms with E-state index in [1.807, 2.05) is 22.7 Å². The first kappa shape index (κ1) is 49.7. The molecule has 0 unspecified atom stereocenters. The lowest BCUT2D eigenvalue weighted by molar-refractivity contribution is 0.669. The molecule has 0 spiro atoms. The molecule has 0 aliphatic carbocycles. The standard InChI is InChI=1S/C84H48BN3OS2/c1-4-19-49(20-5-1)53-40-61(50-21-6-2-7-22-50)83(62(41-53)51-23-8-3-9-24-51)88-73-46-65-64-44-55(86-70-31-14-10-25-56(70)57-26-11-15-32-71(57)86)36-37-76(64)89-77(65)47-69(73)85-68-30-18-29-60-63-45-67-59-28-13-17-34-79(59)91-81(67)48-72(63)87(84(60)68)74-42-54(43-75(88)82(74)85)52-35-38-80-66(39-52)58-27-12-16-33-78(58)90-80/h1-48H. The van der Waals surface area contributed by atoms with E-state index in [0.29, 0.717) is 0 Å². The molecule has 21 rings (SSSR count). The lowest BCUT2D eigenvalue weighted by Gasteiger charge is -2.42. The second-order valence-corrected chi connectivity index (χ2v) is 26.8. The van der Waals surface area contributed by atoms with Gasteiger partial charge < -0.3 is 18.5 Å². The predicted octanol–water partition coefficient (Wildman–Crippen LogP) is 21.8. The Morgan fingerprint density at radius 3 is 1.56 bits per heavy atom. The summed E-state index contributed by atoms with van der Waals surface area (Å²) >= 11 is 3.76. The Labute approximate surface area is 530 Å². The SMILES string of the molecule is c1ccc(-c2cc(-c3ccccc3)c(N3c4cc5c(cc4B4c6c3cc(-c3ccc7sc8ccccc8c7c3)cc6-n3c6cc7sc8ccccc8c7cc6c6cccc4c63)oc3ccc(-n4c6ccccc6c6ccccc64)cc35)c(-c3ccccc3)c2)cc1. The zero-order valence-corrected chi connectivity index (χ0v) is 50.5. The van der Waals surface area contributed by atoms with E-state index >= 15 is 0 Å². The van der Waals surface area contributed by atoms with E-state index in [9.17, 15) is 0 Å². The van der Waals surface area contributed by atoms with E-state index in [-0.39, 0.29) is 6.71 Å². The Kier molecular flexibility index (Phi) is 10.2. The number of benzene rings is 14. The van der Waals surface area contributed by atoms with Gasteiger partial charge in [-0.3, -0.25) is 0 Å². The maximum atomic E-state index is 7.25. The second kappa shape index (κ2) is 18.7. The Bertz CT molecular complexity index is 6230.